The van der Waals surface area contributed by atoms with Gasteiger partial charge in [0.25, 0.3) is 17.7 Å². The molecule has 1 aromatic carbocycles. The zero-order chi connectivity index (χ0) is 23.3. The number of halogens is 2. The SMILES string of the molecule is CC(OC(=O)C(NC(=O)c1ccc(Cl)cc1Cl)C(C)C)C(=O)Nc1sccc1C(N)=O. The Labute approximate surface area is 193 Å². The Morgan fingerprint density at radius 3 is 2.32 bits per heavy atom. The molecule has 2 rings (SSSR count). The zero-order valence-electron chi connectivity index (χ0n) is 16.9. The maximum absolute atomic E-state index is 12.6. The molecule has 1 aromatic heterocycles. The molecule has 0 saturated heterocycles. The molecular formula is C20H21Cl2N3O5S. The monoisotopic (exact) mass is 485 g/mol. The molecule has 0 saturated carbocycles. The van der Waals surface area contributed by atoms with Crippen LogP contribution in [0.3, 0.4) is 0 Å². The van der Waals surface area contributed by atoms with E-state index < -0.39 is 35.8 Å². The summed E-state index contributed by atoms with van der Waals surface area (Å²) in [6.07, 6.45) is -1.19. The smallest absolute Gasteiger partial charge is 0.329 e. The quantitative estimate of drug-likeness (QED) is 0.493. The first kappa shape index (κ1) is 24.6. The number of thiophene rings is 1. The van der Waals surface area contributed by atoms with Gasteiger partial charge in [-0.15, -0.1) is 11.3 Å². The normalized spacial score (nSPS) is 12.7. The molecule has 0 radical (unpaired) electrons. The third-order valence-electron chi connectivity index (χ3n) is 4.21. The highest BCUT2D eigenvalue weighted by Gasteiger charge is 2.30. The van der Waals surface area contributed by atoms with Crippen molar-refractivity contribution >= 4 is 63.2 Å². The Balaban J connectivity index is 2.05. The lowest BCUT2D eigenvalue weighted by Gasteiger charge is -2.23. The second kappa shape index (κ2) is 10.6. The van der Waals surface area contributed by atoms with Crippen LogP contribution in [0.15, 0.2) is 29.6 Å². The van der Waals surface area contributed by atoms with Crippen LogP contribution in [0.2, 0.25) is 10.0 Å². The van der Waals surface area contributed by atoms with Crippen LogP contribution in [0.25, 0.3) is 0 Å². The summed E-state index contributed by atoms with van der Waals surface area (Å²) in [5.41, 5.74) is 5.55. The van der Waals surface area contributed by atoms with Gasteiger partial charge in [-0.05, 0) is 42.5 Å². The van der Waals surface area contributed by atoms with E-state index in [4.69, 9.17) is 33.7 Å². The number of amides is 3. The van der Waals surface area contributed by atoms with Crippen molar-refractivity contribution in [3.8, 4) is 0 Å². The lowest BCUT2D eigenvalue weighted by atomic mass is 10.0. The van der Waals surface area contributed by atoms with Gasteiger partial charge in [0.05, 0.1) is 16.1 Å². The molecule has 3 amide bonds. The van der Waals surface area contributed by atoms with Gasteiger partial charge in [0.1, 0.15) is 11.0 Å². The molecule has 2 atom stereocenters. The number of ether oxygens (including phenoxy) is 1. The minimum atomic E-state index is -1.19. The van der Waals surface area contributed by atoms with Crippen molar-refractivity contribution in [3.63, 3.8) is 0 Å². The van der Waals surface area contributed by atoms with Crippen LogP contribution in [0.5, 0.6) is 0 Å². The summed E-state index contributed by atoms with van der Waals surface area (Å²) in [6.45, 7) is 4.80. The van der Waals surface area contributed by atoms with Crippen molar-refractivity contribution in [1.82, 2.24) is 5.32 Å². The fourth-order valence-electron chi connectivity index (χ4n) is 2.51. The molecule has 0 spiro atoms. The second-order valence-electron chi connectivity index (χ2n) is 6.92. The average Bonchev–Trinajstić information content (AvgIpc) is 3.13. The van der Waals surface area contributed by atoms with Crippen molar-refractivity contribution in [2.45, 2.75) is 32.9 Å². The van der Waals surface area contributed by atoms with Gasteiger partial charge in [-0.2, -0.15) is 0 Å². The summed E-state index contributed by atoms with van der Waals surface area (Å²) in [7, 11) is 0. The number of carbonyl (C=O) groups is 4. The van der Waals surface area contributed by atoms with Gasteiger partial charge >= 0.3 is 5.97 Å². The van der Waals surface area contributed by atoms with Gasteiger partial charge in [0.2, 0.25) is 0 Å². The summed E-state index contributed by atoms with van der Waals surface area (Å²) < 4.78 is 5.24. The molecule has 0 aliphatic rings. The van der Waals surface area contributed by atoms with Gasteiger partial charge in [-0.1, -0.05) is 37.0 Å². The van der Waals surface area contributed by atoms with E-state index in [0.29, 0.717) is 5.02 Å². The highest BCUT2D eigenvalue weighted by atomic mass is 35.5. The van der Waals surface area contributed by atoms with E-state index in [0.717, 1.165) is 11.3 Å². The predicted octanol–water partition coefficient (Wildman–Crippen LogP) is 3.48. The van der Waals surface area contributed by atoms with Crippen LogP contribution < -0.4 is 16.4 Å². The molecule has 2 aromatic rings. The standard InChI is InChI=1S/C20H21Cl2N3O5S/c1-9(2)15(24-18(28)12-5-4-11(21)8-14(12)22)20(29)30-10(3)17(27)25-19-13(16(23)26)6-7-31-19/h4-10,15H,1-3H3,(H2,23,26)(H,24,28)(H,25,27). The molecule has 31 heavy (non-hydrogen) atoms. The molecular weight excluding hydrogens is 465 g/mol. The number of hydrogen-bond donors (Lipinski definition) is 3. The zero-order valence-corrected chi connectivity index (χ0v) is 19.2. The van der Waals surface area contributed by atoms with Crippen LogP contribution >= 0.6 is 34.5 Å². The minimum absolute atomic E-state index is 0.134. The largest absolute Gasteiger partial charge is 0.451 e. The van der Waals surface area contributed by atoms with E-state index in [2.05, 4.69) is 10.6 Å². The van der Waals surface area contributed by atoms with Gasteiger partial charge < -0.3 is 21.1 Å². The maximum atomic E-state index is 12.6. The molecule has 2 unspecified atom stereocenters. The number of nitrogens with two attached hydrogens (primary N) is 1. The van der Waals surface area contributed by atoms with Gasteiger partial charge in [-0.25, -0.2) is 4.79 Å². The molecule has 0 aliphatic carbocycles. The van der Waals surface area contributed by atoms with E-state index in [1.165, 1.54) is 31.2 Å². The number of rotatable bonds is 8. The third kappa shape index (κ3) is 6.43. The molecule has 8 nitrogen and oxygen atoms in total. The van der Waals surface area contributed by atoms with Crippen molar-refractivity contribution in [1.29, 1.82) is 0 Å². The summed E-state index contributed by atoms with van der Waals surface area (Å²) in [5, 5.41) is 7.44. The first-order chi connectivity index (χ1) is 14.5. The van der Waals surface area contributed by atoms with Crippen molar-refractivity contribution in [2.24, 2.45) is 11.7 Å². The summed E-state index contributed by atoms with van der Waals surface area (Å²) in [5.74, 6) is -3.05. The van der Waals surface area contributed by atoms with Crippen molar-refractivity contribution < 1.29 is 23.9 Å². The molecule has 166 valence electrons. The highest BCUT2D eigenvalue weighted by Crippen LogP contribution is 2.23. The van der Waals surface area contributed by atoms with Crippen LogP contribution in [0.4, 0.5) is 5.00 Å². The Morgan fingerprint density at radius 1 is 1.06 bits per heavy atom. The van der Waals surface area contributed by atoms with Crippen LogP contribution in [0, 0.1) is 5.92 Å². The highest BCUT2D eigenvalue weighted by molar-refractivity contribution is 7.14. The van der Waals surface area contributed by atoms with Crippen LogP contribution in [0.1, 0.15) is 41.5 Å². The van der Waals surface area contributed by atoms with E-state index in [9.17, 15) is 19.2 Å². The lowest BCUT2D eigenvalue weighted by molar-refractivity contribution is -0.156. The second-order valence-corrected chi connectivity index (χ2v) is 8.68. The van der Waals surface area contributed by atoms with Gasteiger partial charge in [0.15, 0.2) is 6.10 Å². The van der Waals surface area contributed by atoms with E-state index >= 15 is 0 Å². The molecule has 0 fully saturated rings. The molecule has 4 N–H and O–H groups in total. The van der Waals surface area contributed by atoms with Gasteiger partial charge in [0, 0.05) is 5.02 Å². The molecule has 0 bridgehead atoms. The summed E-state index contributed by atoms with van der Waals surface area (Å²) >= 11 is 13.0. The molecule has 11 heteroatoms. The van der Waals surface area contributed by atoms with Gasteiger partial charge in [-0.3, -0.25) is 14.4 Å². The van der Waals surface area contributed by atoms with E-state index in [1.54, 1.807) is 19.2 Å². The Kier molecular flexibility index (Phi) is 8.43. The van der Waals surface area contributed by atoms with E-state index in [1.807, 2.05) is 0 Å². The van der Waals surface area contributed by atoms with Crippen LogP contribution in [-0.2, 0) is 14.3 Å². The number of nitrogens with one attached hydrogen (secondary N) is 2. The number of anilines is 1. The number of benzene rings is 1. The maximum Gasteiger partial charge on any atom is 0.329 e. The fraction of sp³-hybridized carbons (Fsp3) is 0.300. The Morgan fingerprint density at radius 2 is 1.74 bits per heavy atom. The van der Waals surface area contributed by atoms with E-state index in [-0.39, 0.29) is 27.1 Å². The average molecular weight is 486 g/mol. The number of primary amides is 1. The summed E-state index contributed by atoms with van der Waals surface area (Å²) in [4.78, 5) is 49.0. The van der Waals surface area contributed by atoms with Crippen molar-refractivity contribution in [2.75, 3.05) is 5.32 Å². The first-order valence-corrected chi connectivity index (χ1v) is 10.8. The summed E-state index contributed by atoms with van der Waals surface area (Å²) in [6, 6.07) is 4.81. The van der Waals surface area contributed by atoms with Crippen LogP contribution in [-0.4, -0.2) is 35.8 Å². The molecule has 1 heterocycles. The minimum Gasteiger partial charge on any atom is -0.451 e. The topological polar surface area (TPSA) is 128 Å². The molecule has 0 aliphatic heterocycles. The number of carbonyl (C=O) groups excluding carboxylic acids is 4. The fourth-order valence-corrected chi connectivity index (χ4v) is 3.79. The number of hydrogen-bond acceptors (Lipinski definition) is 6. The first-order valence-electron chi connectivity index (χ1n) is 9.15. The Bertz CT molecular complexity index is 1010. The predicted molar refractivity (Wildman–Crippen MR) is 120 cm³/mol. The van der Waals surface area contributed by atoms with Crippen molar-refractivity contribution in [3.05, 3.63) is 50.8 Å². The third-order valence-corrected chi connectivity index (χ3v) is 5.59. The Hall–Kier alpha value is -2.62. The number of esters is 1. The lowest BCUT2D eigenvalue weighted by Crippen LogP contribution is -2.47.